The van der Waals surface area contributed by atoms with Gasteiger partial charge in [0.15, 0.2) is 9.84 Å². The van der Waals surface area contributed by atoms with Gasteiger partial charge in [-0.05, 0) is 36.8 Å². The highest BCUT2D eigenvalue weighted by atomic mass is 35.5. The molecule has 24 heavy (non-hydrogen) atoms. The van der Waals surface area contributed by atoms with Gasteiger partial charge < -0.3 is 10.5 Å². The van der Waals surface area contributed by atoms with Crippen molar-refractivity contribution in [3.63, 3.8) is 0 Å². The Kier molecular flexibility index (Phi) is 4.71. The van der Waals surface area contributed by atoms with Crippen LogP contribution in [0.1, 0.15) is 18.4 Å². The number of rotatable bonds is 6. The average Bonchev–Trinajstić information content (AvgIpc) is 3.21. The Morgan fingerprint density at radius 2 is 1.75 bits per heavy atom. The van der Waals surface area contributed by atoms with Crippen molar-refractivity contribution in [1.29, 1.82) is 0 Å². The molecule has 4 nitrogen and oxygen atoms in total. The summed E-state index contributed by atoms with van der Waals surface area (Å²) in [5.74, 6) is -0.313. The summed E-state index contributed by atoms with van der Waals surface area (Å²) in [6.07, 6.45) is 0. The van der Waals surface area contributed by atoms with Crippen molar-refractivity contribution in [3.05, 3.63) is 65.2 Å². The Morgan fingerprint density at radius 3 is 2.33 bits per heavy atom. The minimum absolute atomic E-state index is 0.202. The minimum Gasteiger partial charge on any atom is -0.380 e. The second-order valence-electron chi connectivity index (χ2n) is 6.06. The summed E-state index contributed by atoms with van der Waals surface area (Å²) < 4.78 is 31.6. The van der Waals surface area contributed by atoms with Crippen molar-refractivity contribution in [1.82, 2.24) is 0 Å². The van der Waals surface area contributed by atoms with E-state index in [9.17, 15) is 8.42 Å². The van der Waals surface area contributed by atoms with Crippen LogP contribution in [0.5, 0.6) is 0 Å². The second kappa shape index (κ2) is 6.48. The first kappa shape index (κ1) is 17.4. The summed E-state index contributed by atoms with van der Waals surface area (Å²) in [5.41, 5.74) is 6.41. The Morgan fingerprint density at radius 1 is 1.12 bits per heavy atom. The van der Waals surface area contributed by atoms with Crippen LogP contribution in [0.25, 0.3) is 0 Å². The van der Waals surface area contributed by atoms with Crippen molar-refractivity contribution in [3.8, 4) is 0 Å². The molecule has 0 aromatic heterocycles. The summed E-state index contributed by atoms with van der Waals surface area (Å²) in [7, 11) is -3.55. The van der Waals surface area contributed by atoms with Crippen LogP contribution in [-0.2, 0) is 14.6 Å². The Balaban J connectivity index is 1.99. The average molecular weight is 366 g/mol. The fourth-order valence-electron chi connectivity index (χ4n) is 3.25. The van der Waals surface area contributed by atoms with E-state index in [4.69, 9.17) is 22.1 Å². The Hall–Kier alpha value is -1.40. The van der Waals surface area contributed by atoms with E-state index in [1.165, 1.54) is 0 Å². The number of benzene rings is 2. The summed E-state index contributed by atoms with van der Waals surface area (Å²) in [4.78, 5) is 0.290. The zero-order valence-electron chi connectivity index (χ0n) is 13.4. The first-order chi connectivity index (χ1) is 11.4. The van der Waals surface area contributed by atoms with Gasteiger partial charge in [0.05, 0.1) is 22.3 Å². The van der Waals surface area contributed by atoms with Crippen molar-refractivity contribution < 1.29 is 13.2 Å². The molecule has 0 radical (unpaired) electrons. The smallest absolute Gasteiger partial charge is 0.183 e. The predicted molar refractivity (Wildman–Crippen MR) is 95.0 cm³/mol. The van der Waals surface area contributed by atoms with Gasteiger partial charge in [-0.2, -0.15) is 0 Å². The molecule has 0 saturated heterocycles. The zero-order valence-corrected chi connectivity index (χ0v) is 14.9. The number of hydrogen-bond acceptors (Lipinski definition) is 4. The highest BCUT2D eigenvalue weighted by molar-refractivity contribution is 7.92. The lowest BCUT2D eigenvalue weighted by Crippen LogP contribution is -2.36. The van der Waals surface area contributed by atoms with Crippen LogP contribution in [0.2, 0.25) is 5.02 Å². The SMILES string of the molecule is CCOCC1(N)C(c2ccc(Cl)cc2)C1S(=O)(=O)c1ccccc1. The molecule has 2 aromatic rings. The number of sulfone groups is 1. The Bertz CT molecular complexity index is 808. The van der Waals surface area contributed by atoms with Crippen LogP contribution in [0.3, 0.4) is 0 Å². The third-order valence-electron chi connectivity index (χ3n) is 4.49. The lowest BCUT2D eigenvalue weighted by Gasteiger charge is -2.12. The van der Waals surface area contributed by atoms with Crippen molar-refractivity contribution in [2.75, 3.05) is 13.2 Å². The fourth-order valence-corrected chi connectivity index (χ4v) is 5.69. The predicted octanol–water partition coefficient (Wildman–Crippen LogP) is 3.01. The number of halogens is 1. The van der Waals surface area contributed by atoms with E-state index in [0.29, 0.717) is 11.6 Å². The van der Waals surface area contributed by atoms with Gasteiger partial charge in [-0.25, -0.2) is 8.42 Å². The van der Waals surface area contributed by atoms with Crippen molar-refractivity contribution >= 4 is 21.4 Å². The van der Waals surface area contributed by atoms with Gasteiger partial charge in [0.1, 0.15) is 0 Å². The van der Waals surface area contributed by atoms with Gasteiger partial charge in [-0.1, -0.05) is 41.9 Å². The van der Waals surface area contributed by atoms with Gasteiger partial charge in [0, 0.05) is 17.5 Å². The van der Waals surface area contributed by atoms with E-state index in [1.54, 1.807) is 42.5 Å². The van der Waals surface area contributed by atoms with Crippen LogP contribution >= 0.6 is 11.6 Å². The molecule has 1 aliphatic carbocycles. The van der Waals surface area contributed by atoms with Gasteiger partial charge in [-0.15, -0.1) is 0 Å². The normalized spacial score (nSPS) is 26.3. The highest BCUT2D eigenvalue weighted by Crippen LogP contribution is 2.55. The van der Waals surface area contributed by atoms with Gasteiger partial charge in [-0.3, -0.25) is 0 Å². The molecule has 128 valence electrons. The maximum atomic E-state index is 13.1. The summed E-state index contributed by atoms with van der Waals surface area (Å²) >= 11 is 5.94. The second-order valence-corrected chi connectivity index (χ2v) is 8.56. The van der Waals surface area contributed by atoms with Gasteiger partial charge >= 0.3 is 0 Å². The van der Waals surface area contributed by atoms with E-state index in [1.807, 2.05) is 19.1 Å². The third kappa shape index (κ3) is 2.97. The molecule has 0 spiro atoms. The van der Waals surface area contributed by atoms with Crippen molar-refractivity contribution in [2.45, 2.75) is 28.5 Å². The maximum absolute atomic E-state index is 13.1. The molecule has 1 aliphatic rings. The highest BCUT2D eigenvalue weighted by Gasteiger charge is 2.69. The third-order valence-corrected chi connectivity index (χ3v) is 7.05. The van der Waals surface area contributed by atoms with Crippen molar-refractivity contribution in [2.24, 2.45) is 5.73 Å². The van der Waals surface area contributed by atoms with Gasteiger partial charge in [0.2, 0.25) is 0 Å². The molecule has 0 aliphatic heterocycles. The lowest BCUT2D eigenvalue weighted by atomic mass is 10.1. The van der Waals surface area contributed by atoms with E-state index >= 15 is 0 Å². The minimum atomic E-state index is -3.55. The van der Waals surface area contributed by atoms with Crippen LogP contribution in [0.15, 0.2) is 59.5 Å². The quantitative estimate of drug-likeness (QED) is 0.854. The molecule has 2 aromatic carbocycles. The standard InChI is InChI=1S/C18H20ClNO3S/c1-2-23-12-18(20)16(13-8-10-14(19)11-9-13)17(18)24(21,22)15-6-4-3-5-7-15/h3-11,16-17H,2,12,20H2,1H3. The van der Waals surface area contributed by atoms with Gasteiger partial charge in [0.25, 0.3) is 0 Å². The van der Waals surface area contributed by atoms with Crippen LogP contribution in [0, 0.1) is 0 Å². The molecular weight excluding hydrogens is 346 g/mol. The summed E-state index contributed by atoms with van der Waals surface area (Å²) in [6.45, 7) is 2.56. The fraction of sp³-hybridized carbons (Fsp3) is 0.333. The zero-order chi connectivity index (χ0) is 17.4. The van der Waals surface area contributed by atoms with E-state index < -0.39 is 20.6 Å². The van der Waals surface area contributed by atoms with E-state index in [0.717, 1.165) is 5.56 Å². The number of nitrogens with two attached hydrogens (primary N) is 1. The van der Waals surface area contributed by atoms with E-state index in [2.05, 4.69) is 0 Å². The molecule has 0 heterocycles. The topological polar surface area (TPSA) is 69.4 Å². The molecular formula is C18H20ClNO3S. The lowest BCUT2D eigenvalue weighted by molar-refractivity contribution is 0.125. The molecule has 6 heteroatoms. The molecule has 0 bridgehead atoms. The van der Waals surface area contributed by atoms with Crippen LogP contribution in [0.4, 0.5) is 0 Å². The Labute approximate surface area is 147 Å². The van der Waals surface area contributed by atoms with Crippen LogP contribution in [-0.4, -0.2) is 32.4 Å². The molecule has 1 saturated carbocycles. The summed E-state index contributed by atoms with van der Waals surface area (Å²) in [5, 5.41) is -0.102. The van der Waals surface area contributed by atoms with Crippen LogP contribution < -0.4 is 5.73 Å². The molecule has 0 amide bonds. The molecule has 3 rings (SSSR count). The molecule has 2 N–H and O–H groups in total. The number of ether oxygens (including phenoxy) is 1. The monoisotopic (exact) mass is 365 g/mol. The molecule has 3 atom stereocenters. The number of hydrogen-bond donors (Lipinski definition) is 1. The molecule has 3 unspecified atom stereocenters. The first-order valence-corrected chi connectivity index (χ1v) is 9.74. The summed E-state index contributed by atoms with van der Waals surface area (Å²) in [6, 6.07) is 15.6. The first-order valence-electron chi connectivity index (χ1n) is 7.82. The molecule has 1 fully saturated rings. The maximum Gasteiger partial charge on any atom is 0.183 e. The van der Waals surface area contributed by atoms with E-state index in [-0.39, 0.29) is 17.4 Å². The largest absolute Gasteiger partial charge is 0.380 e.